The molecule has 1 aromatic rings. The maximum Gasteiger partial charge on any atom is 0.323 e. The van der Waals surface area contributed by atoms with Crippen LogP contribution in [0.3, 0.4) is 0 Å². The van der Waals surface area contributed by atoms with E-state index >= 15 is 0 Å². The molecule has 1 aromatic heterocycles. The summed E-state index contributed by atoms with van der Waals surface area (Å²) in [7, 11) is 0. The fourth-order valence-corrected chi connectivity index (χ4v) is 4.55. The second-order valence-electron chi connectivity index (χ2n) is 7.67. The number of hydrazine groups is 1. The largest absolute Gasteiger partial charge is 0.353 e. The zero-order valence-electron chi connectivity index (χ0n) is 16.4. The number of carbonyl (C=O) groups excluding carboxylic acids is 2. The number of allylic oxidation sites excluding steroid dienone is 1. The first kappa shape index (κ1) is 22.4. The number of carbonyl (C=O) groups is 2. The summed E-state index contributed by atoms with van der Waals surface area (Å²) >= 11 is 7.38. The van der Waals surface area contributed by atoms with Crippen molar-refractivity contribution in [2.24, 2.45) is 0 Å². The minimum atomic E-state index is -3.07. The molecule has 1 saturated heterocycles. The number of nitrogens with one attached hydrogen (secondary N) is 2. The van der Waals surface area contributed by atoms with Gasteiger partial charge in [-0.15, -0.1) is 11.6 Å². The second kappa shape index (κ2) is 8.99. The summed E-state index contributed by atoms with van der Waals surface area (Å²) in [6.45, 7) is 0.809. The van der Waals surface area contributed by atoms with Gasteiger partial charge in [-0.1, -0.05) is 12.2 Å². The number of halogens is 4. The van der Waals surface area contributed by atoms with Crippen molar-refractivity contribution < 1.29 is 18.4 Å². The quantitative estimate of drug-likeness (QED) is 0.334. The van der Waals surface area contributed by atoms with Crippen LogP contribution in [0.5, 0.6) is 0 Å². The lowest BCUT2D eigenvalue weighted by molar-refractivity contribution is -0.139. The molecule has 1 fully saturated rings. The Hall–Kier alpha value is -1.79. The number of aromatic nitrogens is 1. The third-order valence-electron chi connectivity index (χ3n) is 5.46. The lowest BCUT2D eigenvalue weighted by Crippen LogP contribution is -2.56. The molecular formula is C20H21ClF2IN5O2. The van der Waals surface area contributed by atoms with E-state index in [1.54, 1.807) is 6.08 Å². The van der Waals surface area contributed by atoms with Gasteiger partial charge in [-0.2, -0.15) is 8.78 Å². The molecule has 0 radical (unpaired) electrons. The average Bonchev–Trinajstić information content (AvgIpc) is 3.18. The van der Waals surface area contributed by atoms with Crippen LogP contribution in [0.4, 0.5) is 8.78 Å². The predicted octanol–water partition coefficient (Wildman–Crippen LogP) is 2.38. The third kappa shape index (κ3) is 5.01. The first-order valence-electron chi connectivity index (χ1n) is 9.88. The summed E-state index contributed by atoms with van der Waals surface area (Å²) in [4.78, 5) is 30.3. The first-order chi connectivity index (χ1) is 14.7. The van der Waals surface area contributed by atoms with Crippen LogP contribution in [0, 0.1) is 0 Å². The topological polar surface area (TPSA) is 77.6 Å². The van der Waals surface area contributed by atoms with Crippen molar-refractivity contribution in [2.75, 3.05) is 19.6 Å². The van der Waals surface area contributed by atoms with Crippen molar-refractivity contribution in [1.82, 2.24) is 25.6 Å². The van der Waals surface area contributed by atoms with E-state index in [9.17, 15) is 18.4 Å². The van der Waals surface area contributed by atoms with E-state index in [0.29, 0.717) is 37.2 Å². The fourth-order valence-electron chi connectivity index (χ4n) is 3.95. The van der Waals surface area contributed by atoms with Crippen LogP contribution in [0.15, 0.2) is 36.7 Å². The standard InChI is InChI=1S/C20H21ClF2IN5O2/c21-14-2-1-3-15(7-14)29-17(12-6-13(10-25-9-12)20(22,23)24)8-16(27-29)19(31)28-5-4-26-18(30)11-28/h1-2,6,8-10,14-16,27H,3-5,7,11H2,(H,26,30). The van der Waals surface area contributed by atoms with E-state index in [0.717, 1.165) is 28.8 Å². The van der Waals surface area contributed by atoms with Crippen molar-refractivity contribution in [3.05, 3.63) is 47.8 Å². The predicted molar refractivity (Wildman–Crippen MR) is 120 cm³/mol. The molecular weight excluding hydrogens is 543 g/mol. The number of nitrogens with zero attached hydrogens (tertiary/aromatic N) is 3. The number of amides is 2. The Morgan fingerprint density at radius 1 is 1.35 bits per heavy atom. The summed E-state index contributed by atoms with van der Waals surface area (Å²) in [5, 5.41) is 4.37. The summed E-state index contributed by atoms with van der Waals surface area (Å²) < 4.78 is 24.7. The Labute approximate surface area is 197 Å². The maximum atomic E-state index is 13.9. The zero-order valence-corrected chi connectivity index (χ0v) is 19.3. The lowest BCUT2D eigenvalue weighted by atomic mass is 10.00. The van der Waals surface area contributed by atoms with Crippen LogP contribution < -0.4 is 10.7 Å². The highest BCUT2D eigenvalue weighted by atomic mass is 127. The highest BCUT2D eigenvalue weighted by Gasteiger charge is 2.37. The number of hydrogen-bond acceptors (Lipinski definition) is 5. The van der Waals surface area contributed by atoms with Crippen LogP contribution in [-0.2, 0) is 13.5 Å². The molecule has 3 unspecified atom stereocenters. The van der Waals surface area contributed by atoms with Crippen LogP contribution in [-0.4, -0.2) is 63.8 Å². The number of piperazine rings is 1. The van der Waals surface area contributed by atoms with Gasteiger partial charge in [0.05, 0.1) is 23.7 Å². The summed E-state index contributed by atoms with van der Waals surface area (Å²) in [5.74, 6) is -0.450. The van der Waals surface area contributed by atoms with Crippen molar-refractivity contribution in [3.63, 3.8) is 0 Å². The molecule has 3 aliphatic rings. The van der Waals surface area contributed by atoms with Crippen LogP contribution >= 0.6 is 34.2 Å². The molecule has 166 valence electrons. The number of alkyl halides is 4. The van der Waals surface area contributed by atoms with Gasteiger partial charge in [0.15, 0.2) is 0 Å². The van der Waals surface area contributed by atoms with Gasteiger partial charge in [0.25, 0.3) is 0 Å². The minimum absolute atomic E-state index is 0.00575. The van der Waals surface area contributed by atoms with Crippen molar-refractivity contribution in [3.8, 4) is 0 Å². The van der Waals surface area contributed by atoms with Crippen LogP contribution in [0.25, 0.3) is 5.70 Å². The average molecular weight is 564 g/mol. The van der Waals surface area contributed by atoms with E-state index < -0.39 is 9.97 Å². The van der Waals surface area contributed by atoms with E-state index in [1.165, 1.54) is 17.2 Å². The Morgan fingerprint density at radius 3 is 2.87 bits per heavy atom. The molecule has 2 aliphatic heterocycles. The van der Waals surface area contributed by atoms with Gasteiger partial charge in [-0.3, -0.25) is 14.6 Å². The summed E-state index contributed by atoms with van der Waals surface area (Å²) in [6.07, 6.45) is 9.57. The number of hydrogen-bond donors (Lipinski definition) is 2. The first-order valence-corrected chi connectivity index (χ1v) is 11.4. The van der Waals surface area contributed by atoms with Crippen LogP contribution in [0.1, 0.15) is 24.0 Å². The van der Waals surface area contributed by atoms with Crippen molar-refractivity contribution >= 4 is 51.7 Å². The molecule has 0 spiro atoms. The van der Waals surface area contributed by atoms with Gasteiger partial charge in [0.2, 0.25) is 11.8 Å². The molecule has 0 bridgehead atoms. The SMILES string of the molecule is O=C1CN(C(=O)C2C=C(c3cncc(C(F)(F)I)c3)N(C3CC=CC(Cl)C3)N2)CCN1. The zero-order chi connectivity index (χ0) is 22.2. The van der Waals surface area contributed by atoms with Crippen molar-refractivity contribution in [1.29, 1.82) is 0 Å². The van der Waals surface area contributed by atoms with E-state index in [2.05, 4.69) is 15.7 Å². The van der Waals surface area contributed by atoms with Gasteiger partial charge in [-0.05, 0) is 25.0 Å². The van der Waals surface area contributed by atoms with E-state index in [1.807, 2.05) is 17.2 Å². The Morgan fingerprint density at radius 2 is 2.16 bits per heavy atom. The van der Waals surface area contributed by atoms with Gasteiger partial charge < -0.3 is 15.2 Å². The Bertz CT molecular complexity index is 938. The molecule has 31 heavy (non-hydrogen) atoms. The van der Waals surface area contributed by atoms with Crippen LogP contribution in [0.2, 0.25) is 0 Å². The molecule has 11 heteroatoms. The number of pyridine rings is 1. The van der Waals surface area contributed by atoms with Crippen molar-refractivity contribution in [2.45, 2.75) is 34.2 Å². The fraction of sp³-hybridized carbons (Fsp3) is 0.450. The smallest absolute Gasteiger partial charge is 0.323 e. The molecule has 0 saturated carbocycles. The Kier molecular flexibility index (Phi) is 6.50. The monoisotopic (exact) mass is 563 g/mol. The second-order valence-corrected chi connectivity index (χ2v) is 9.58. The normalized spacial score (nSPS) is 26.6. The molecule has 1 aliphatic carbocycles. The highest BCUT2D eigenvalue weighted by Crippen LogP contribution is 2.37. The summed E-state index contributed by atoms with van der Waals surface area (Å²) in [5.41, 5.74) is 4.07. The molecule has 0 aromatic carbocycles. The molecule has 2 N–H and O–H groups in total. The van der Waals surface area contributed by atoms with E-state index in [4.69, 9.17) is 11.6 Å². The van der Waals surface area contributed by atoms with Gasteiger partial charge in [0.1, 0.15) is 6.04 Å². The number of rotatable bonds is 4. The highest BCUT2D eigenvalue weighted by molar-refractivity contribution is 14.1. The van der Waals surface area contributed by atoms with Gasteiger partial charge in [-0.25, -0.2) is 5.43 Å². The van der Waals surface area contributed by atoms with E-state index in [-0.39, 0.29) is 35.3 Å². The van der Waals surface area contributed by atoms with Gasteiger partial charge >= 0.3 is 3.93 Å². The lowest BCUT2D eigenvalue weighted by Gasteiger charge is -2.35. The third-order valence-corrected chi connectivity index (χ3v) is 6.40. The van der Waals surface area contributed by atoms with Gasteiger partial charge in [0, 0.05) is 59.2 Å². The molecule has 3 heterocycles. The molecule has 4 rings (SSSR count). The molecule has 7 nitrogen and oxygen atoms in total. The molecule has 3 atom stereocenters. The maximum absolute atomic E-state index is 13.9. The Balaban J connectivity index is 1.65. The minimum Gasteiger partial charge on any atom is -0.353 e. The molecule has 2 amide bonds. The summed E-state index contributed by atoms with van der Waals surface area (Å²) in [6, 6.07) is 0.604.